The van der Waals surface area contributed by atoms with Crippen molar-refractivity contribution < 1.29 is 13.9 Å². The number of thioether (sulfide) groups is 1. The molecule has 1 fully saturated rings. The Morgan fingerprint density at radius 2 is 1.94 bits per heavy atom. The van der Waals surface area contributed by atoms with Crippen LogP contribution in [0.25, 0.3) is 0 Å². The number of aliphatic hydroxyl groups excluding tert-OH is 1. The zero-order valence-corrected chi connectivity index (χ0v) is 9.64. The highest BCUT2D eigenvalue weighted by molar-refractivity contribution is 8.00. The van der Waals surface area contributed by atoms with Gasteiger partial charge >= 0.3 is 0 Å². The summed E-state index contributed by atoms with van der Waals surface area (Å²) in [6.45, 7) is 0. The van der Waals surface area contributed by atoms with E-state index < -0.39 is 11.6 Å². The van der Waals surface area contributed by atoms with Gasteiger partial charge in [0.1, 0.15) is 11.6 Å². The molecule has 1 aliphatic carbocycles. The normalized spacial score (nSPS) is 25.7. The van der Waals surface area contributed by atoms with E-state index in [0.29, 0.717) is 4.90 Å². The molecule has 0 heterocycles. The van der Waals surface area contributed by atoms with E-state index in [1.807, 2.05) is 0 Å². The molecule has 1 nitrogen and oxygen atoms in total. The first kappa shape index (κ1) is 11.9. The first-order valence-electron chi connectivity index (χ1n) is 5.46. The fourth-order valence-electron chi connectivity index (χ4n) is 1.95. The predicted molar refractivity (Wildman–Crippen MR) is 60.5 cm³/mol. The van der Waals surface area contributed by atoms with E-state index in [0.717, 1.165) is 31.7 Å². The van der Waals surface area contributed by atoms with Crippen molar-refractivity contribution in [2.75, 3.05) is 0 Å². The summed E-state index contributed by atoms with van der Waals surface area (Å²) in [5.41, 5.74) is 0. The van der Waals surface area contributed by atoms with Gasteiger partial charge in [0.05, 0.1) is 6.10 Å². The number of hydrogen-bond donors (Lipinski definition) is 1. The molecule has 0 saturated heterocycles. The molecule has 88 valence electrons. The zero-order chi connectivity index (χ0) is 11.5. The number of halogens is 2. The molecule has 0 amide bonds. The fourth-order valence-corrected chi connectivity index (χ4v) is 3.17. The third-order valence-electron chi connectivity index (χ3n) is 2.84. The van der Waals surface area contributed by atoms with Crippen LogP contribution in [0.5, 0.6) is 0 Å². The highest BCUT2D eigenvalue weighted by Crippen LogP contribution is 2.35. The Balaban J connectivity index is 2.07. The Morgan fingerprint density at radius 1 is 1.19 bits per heavy atom. The second kappa shape index (κ2) is 5.15. The Labute approximate surface area is 97.9 Å². The molecule has 16 heavy (non-hydrogen) atoms. The van der Waals surface area contributed by atoms with Gasteiger partial charge in [-0.05, 0) is 25.0 Å². The lowest BCUT2D eigenvalue weighted by Crippen LogP contribution is -2.26. The molecule has 4 heteroatoms. The fraction of sp³-hybridized carbons (Fsp3) is 0.500. The number of benzene rings is 1. The average Bonchev–Trinajstić information content (AvgIpc) is 2.25. The van der Waals surface area contributed by atoms with Crippen LogP contribution in [0.3, 0.4) is 0 Å². The summed E-state index contributed by atoms with van der Waals surface area (Å²) in [5, 5.41) is 9.79. The van der Waals surface area contributed by atoms with Crippen molar-refractivity contribution in [3.63, 3.8) is 0 Å². The summed E-state index contributed by atoms with van der Waals surface area (Å²) in [5.74, 6) is -1.10. The van der Waals surface area contributed by atoms with Crippen molar-refractivity contribution in [3.8, 4) is 0 Å². The molecule has 2 rings (SSSR count). The Bertz CT molecular complexity index is 370. The van der Waals surface area contributed by atoms with Crippen molar-refractivity contribution in [3.05, 3.63) is 29.8 Å². The van der Waals surface area contributed by atoms with E-state index in [-0.39, 0.29) is 11.4 Å². The molecule has 0 aliphatic heterocycles. The minimum atomic E-state index is -0.564. The van der Waals surface area contributed by atoms with Gasteiger partial charge in [-0.3, -0.25) is 0 Å². The Kier molecular flexibility index (Phi) is 3.82. The third kappa shape index (κ3) is 2.74. The number of aliphatic hydroxyl groups is 1. The summed E-state index contributed by atoms with van der Waals surface area (Å²) in [4.78, 5) is 0.423. The summed E-state index contributed by atoms with van der Waals surface area (Å²) in [6, 6.07) is 3.58. The van der Waals surface area contributed by atoms with Crippen molar-refractivity contribution in [1.82, 2.24) is 0 Å². The van der Waals surface area contributed by atoms with Gasteiger partial charge < -0.3 is 5.11 Å². The molecule has 0 unspecified atom stereocenters. The van der Waals surface area contributed by atoms with Crippen LogP contribution in [0.4, 0.5) is 8.78 Å². The van der Waals surface area contributed by atoms with Crippen LogP contribution in [-0.2, 0) is 0 Å². The van der Waals surface area contributed by atoms with Gasteiger partial charge in [-0.15, -0.1) is 11.8 Å². The molecule has 0 spiro atoms. The number of rotatable bonds is 2. The van der Waals surface area contributed by atoms with E-state index in [1.165, 1.54) is 23.9 Å². The smallest absolute Gasteiger partial charge is 0.139 e. The van der Waals surface area contributed by atoms with Crippen molar-refractivity contribution in [1.29, 1.82) is 0 Å². The summed E-state index contributed by atoms with van der Waals surface area (Å²) in [6.07, 6.45) is 3.40. The molecule has 1 N–H and O–H groups in total. The zero-order valence-electron chi connectivity index (χ0n) is 8.83. The van der Waals surface area contributed by atoms with Crippen molar-refractivity contribution >= 4 is 11.8 Å². The van der Waals surface area contributed by atoms with Crippen LogP contribution in [0.2, 0.25) is 0 Å². The van der Waals surface area contributed by atoms with Gasteiger partial charge in [-0.2, -0.15) is 0 Å². The van der Waals surface area contributed by atoms with Crippen molar-refractivity contribution in [2.24, 2.45) is 0 Å². The van der Waals surface area contributed by atoms with Gasteiger partial charge in [-0.25, -0.2) is 8.78 Å². The van der Waals surface area contributed by atoms with E-state index in [9.17, 15) is 13.9 Å². The van der Waals surface area contributed by atoms with E-state index in [4.69, 9.17) is 0 Å². The van der Waals surface area contributed by atoms with Gasteiger partial charge in [-0.1, -0.05) is 12.8 Å². The highest BCUT2D eigenvalue weighted by atomic mass is 32.2. The maximum Gasteiger partial charge on any atom is 0.139 e. The molecule has 0 radical (unpaired) electrons. The van der Waals surface area contributed by atoms with Crippen molar-refractivity contribution in [2.45, 2.75) is 41.9 Å². The molecule has 0 bridgehead atoms. The molecule has 0 aromatic heterocycles. The molecule has 1 saturated carbocycles. The minimum absolute atomic E-state index is 0.0358. The highest BCUT2D eigenvalue weighted by Gasteiger charge is 2.24. The molecule has 1 aromatic carbocycles. The summed E-state index contributed by atoms with van der Waals surface area (Å²) in [7, 11) is 0. The SMILES string of the molecule is O[C@H]1CCCC[C@@H]1Sc1ccc(F)cc1F. The maximum absolute atomic E-state index is 13.4. The van der Waals surface area contributed by atoms with E-state index in [2.05, 4.69) is 0 Å². The molecule has 2 atom stereocenters. The average molecular weight is 244 g/mol. The van der Waals surface area contributed by atoms with Crippen LogP contribution in [0.1, 0.15) is 25.7 Å². The maximum atomic E-state index is 13.4. The third-order valence-corrected chi connectivity index (χ3v) is 4.28. The summed E-state index contributed by atoms with van der Waals surface area (Å²) >= 11 is 1.32. The quantitative estimate of drug-likeness (QED) is 0.860. The van der Waals surface area contributed by atoms with Crippen LogP contribution >= 0.6 is 11.8 Å². The lowest BCUT2D eigenvalue weighted by Gasteiger charge is -2.26. The van der Waals surface area contributed by atoms with Crippen LogP contribution in [0, 0.1) is 11.6 Å². The van der Waals surface area contributed by atoms with E-state index in [1.54, 1.807) is 0 Å². The first-order chi connectivity index (χ1) is 7.66. The second-order valence-electron chi connectivity index (χ2n) is 4.08. The molecule has 1 aromatic rings. The Morgan fingerprint density at radius 3 is 2.62 bits per heavy atom. The molecular formula is C12H14F2OS. The standard InChI is InChI=1S/C12H14F2OS/c13-8-5-6-11(9(14)7-8)16-12-4-2-1-3-10(12)15/h5-7,10,12,15H,1-4H2/t10-,12-/m0/s1. The predicted octanol–water partition coefficient (Wildman–Crippen LogP) is 3.36. The molecule has 1 aliphatic rings. The Hall–Kier alpha value is -0.610. The molecular weight excluding hydrogens is 230 g/mol. The van der Waals surface area contributed by atoms with Gasteiger partial charge in [0, 0.05) is 16.2 Å². The van der Waals surface area contributed by atoms with E-state index >= 15 is 0 Å². The van der Waals surface area contributed by atoms with Gasteiger partial charge in [0.2, 0.25) is 0 Å². The summed E-state index contributed by atoms with van der Waals surface area (Å²) < 4.78 is 26.1. The monoisotopic (exact) mass is 244 g/mol. The van der Waals surface area contributed by atoms with Gasteiger partial charge in [0.15, 0.2) is 0 Å². The van der Waals surface area contributed by atoms with Crippen LogP contribution < -0.4 is 0 Å². The first-order valence-corrected chi connectivity index (χ1v) is 6.34. The van der Waals surface area contributed by atoms with Crippen LogP contribution in [0.15, 0.2) is 23.1 Å². The van der Waals surface area contributed by atoms with Gasteiger partial charge in [0.25, 0.3) is 0 Å². The minimum Gasteiger partial charge on any atom is -0.392 e. The second-order valence-corrected chi connectivity index (χ2v) is 5.36. The lowest BCUT2D eigenvalue weighted by atomic mass is 9.97. The lowest BCUT2D eigenvalue weighted by molar-refractivity contribution is 0.137. The number of hydrogen-bond acceptors (Lipinski definition) is 2. The van der Waals surface area contributed by atoms with Crippen LogP contribution in [-0.4, -0.2) is 16.5 Å². The topological polar surface area (TPSA) is 20.2 Å². The largest absolute Gasteiger partial charge is 0.392 e.